The maximum Gasteiger partial charge on any atom is 0.333 e. The summed E-state index contributed by atoms with van der Waals surface area (Å²) in [6.07, 6.45) is 3.07. The number of nitrogens with zero attached hydrogens (tertiary/aromatic N) is 3. The molecule has 10 nitrogen and oxygen atoms in total. The average molecular weight is 1000 g/mol. The first-order chi connectivity index (χ1) is 33.9. The van der Waals surface area contributed by atoms with Crippen LogP contribution in [0.1, 0.15) is 85.1 Å². The minimum absolute atomic E-state index is 0.0106. The fraction of sp³-hybridized carbons (Fsp3) is 0.310. The van der Waals surface area contributed by atoms with Crippen molar-refractivity contribution < 1.29 is 22.8 Å². The highest BCUT2D eigenvalue weighted by Gasteiger charge is 2.55. The van der Waals surface area contributed by atoms with Crippen molar-refractivity contribution in [2.75, 3.05) is 13.2 Å². The van der Waals surface area contributed by atoms with Crippen molar-refractivity contribution in [3.8, 4) is 10.8 Å². The second-order valence-corrected chi connectivity index (χ2v) is 30.2. The van der Waals surface area contributed by atoms with Crippen LogP contribution in [-0.4, -0.2) is 49.9 Å². The molecule has 0 bridgehead atoms. The van der Waals surface area contributed by atoms with Gasteiger partial charge in [-0.3, -0.25) is 14.2 Å². The number of oxazole rings is 1. The molecule has 71 heavy (non-hydrogen) atoms. The quantitative estimate of drug-likeness (QED) is 0.0655. The predicted molar refractivity (Wildman–Crippen MR) is 292 cm³/mol. The SMILES string of the molecule is CCc1ccccc1C(Cn1c(=O)n(C(C)(C)C(=O)O[Si](c2ccccc2)(c2ccccc2)C(C)(C)C)c(=O)c2c(C)c(-c3ncco3)sc21)OCCO[Si](c1ccccc1)(c1ccccc1)C(C)(C)C. The lowest BCUT2D eigenvalue weighted by Crippen LogP contribution is -2.69. The van der Waals surface area contributed by atoms with Gasteiger partial charge >= 0.3 is 20.0 Å². The second kappa shape index (κ2) is 20.5. The molecule has 0 radical (unpaired) electrons. The summed E-state index contributed by atoms with van der Waals surface area (Å²) in [6.45, 7) is 20.6. The summed E-state index contributed by atoms with van der Waals surface area (Å²) in [7, 11) is -6.40. The van der Waals surface area contributed by atoms with Crippen LogP contribution in [0.25, 0.3) is 21.0 Å². The number of hydrogen-bond acceptors (Lipinski definition) is 9. The number of benzene rings is 5. The average Bonchev–Trinajstić information content (AvgIpc) is 4.02. The van der Waals surface area contributed by atoms with Gasteiger partial charge in [0.15, 0.2) is 0 Å². The van der Waals surface area contributed by atoms with E-state index < -0.39 is 50.5 Å². The van der Waals surface area contributed by atoms with Gasteiger partial charge in [-0.2, -0.15) is 0 Å². The van der Waals surface area contributed by atoms with Gasteiger partial charge in [-0.15, -0.1) is 11.3 Å². The van der Waals surface area contributed by atoms with Crippen LogP contribution in [0.15, 0.2) is 172 Å². The molecule has 1 unspecified atom stereocenters. The van der Waals surface area contributed by atoms with Crippen LogP contribution in [0.2, 0.25) is 10.1 Å². The maximum atomic E-state index is 15.7. The topological polar surface area (TPSA) is 115 Å². The lowest BCUT2D eigenvalue weighted by molar-refractivity contribution is -0.144. The van der Waals surface area contributed by atoms with Crippen molar-refractivity contribution in [3.63, 3.8) is 0 Å². The molecular weight excluding hydrogens is 939 g/mol. The fourth-order valence-corrected chi connectivity index (χ4v) is 20.5. The number of carbonyl (C=O) groups is 1. The number of ether oxygens (including phenoxy) is 1. The van der Waals surface area contributed by atoms with Crippen LogP contribution in [0.5, 0.6) is 0 Å². The number of aryl methyl sites for hydroxylation is 2. The van der Waals surface area contributed by atoms with Gasteiger partial charge in [-0.25, -0.2) is 14.3 Å². The molecule has 0 saturated heterocycles. The Kier molecular flexibility index (Phi) is 14.8. The Labute approximate surface area is 423 Å². The van der Waals surface area contributed by atoms with Gasteiger partial charge in [0.25, 0.3) is 13.9 Å². The molecule has 0 aliphatic rings. The van der Waals surface area contributed by atoms with Gasteiger partial charge in [-0.05, 0) is 74.7 Å². The Hall–Kier alpha value is -6.23. The van der Waals surface area contributed by atoms with Gasteiger partial charge in [-0.1, -0.05) is 194 Å². The number of fused-ring (bicyclic) bond motifs is 1. The minimum atomic E-state index is -3.49. The van der Waals surface area contributed by atoms with Crippen molar-refractivity contribution in [3.05, 3.63) is 196 Å². The molecule has 0 fully saturated rings. The van der Waals surface area contributed by atoms with Gasteiger partial charge in [0.05, 0.1) is 36.2 Å². The molecule has 0 aliphatic carbocycles. The van der Waals surface area contributed by atoms with E-state index in [4.69, 9.17) is 18.0 Å². The molecule has 5 aromatic carbocycles. The summed E-state index contributed by atoms with van der Waals surface area (Å²) in [5.74, 6) is -0.370. The fourth-order valence-electron chi connectivity index (χ4n) is 10.3. The highest BCUT2D eigenvalue weighted by molar-refractivity contribution is 7.22. The van der Waals surface area contributed by atoms with Gasteiger partial charge in [0.2, 0.25) is 5.89 Å². The maximum absolute atomic E-state index is 15.7. The minimum Gasteiger partial charge on any atom is -0.508 e. The van der Waals surface area contributed by atoms with Crippen LogP contribution in [0.4, 0.5) is 0 Å². The van der Waals surface area contributed by atoms with Gasteiger partial charge < -0.3 is 18.0 Å². The molecule has 0 amide bonds. The first-order valence-corrected chi connectivity index (χ1v) is 29.0. The van der Waals surface area contributed by atoms with Crippen LogP contribution in [-0.2, 0) is 36.9 Å². The summed E-state index contributed by atoms with van der Waals surface area (Å²) < 4.78 is 29.8. The van der Waals surface area contributed by atoms with Crippen LogP contribution in [0, 0.1) is 6.92 Å². The number of thiophene rings is 1. The monoisotopic (exact) mass is 1000 g/mol. The number of hydrogen-bond donors (Lipinski definition) is 0. The number of rotatable bonds is 17. The van der Waals surface area contributed by atoms with E-state index >= 15 is 14.4 Å². The first-order valence-electron chi connectivity index (χ1n) is 24.4. The van der Waals surface area contributed by atoms with Crippen molar-refractivity contribution in [1.29, 1.82) is 0 Å². The van der Waals surface area contributed by atoms with Crippen molar-refractivity contribution in [2.24, 2.45) is 0 Å². The van der Waals surface area contributed by atoms with Crippen LogP contribution < -0.4 is 32.0 Å². The zero-order valence-electron chi connectivity index (χ0n) is 42.5. The summed E-state index contributed by atoms with van der Waals surface area (Å²) in [5, 5.41) is 3.57. The molecule has 1 atom stereocenters. The van der Waals surface area contributed by atoms with Crippen molar-refractivity contribution >= 4 is 64.9 Å². The Balaban J connectivity index is 1.25. The van der Waals surface area contributed by atoms with Gasteiger partial charge in [0, 0.05) is 0 Å². The zero-order chi connectivity index (χ0) is 50.8. The summed E-state index contributed by atoms with van der Waals surface area (Å²) in [5.41, 5.74) is -0.526. The van der Waals surface area contributed by atoms with E-state index in [9.17, 15) is 0 Å². The zero-order valence-corrected chi connectivity index (χ0v) is 45.3. The van der Waals surface area contributed by atoms with E-state index in [1.807, 2.05) is 97.9 Å². The Morgan fingerprint density at radius 1 is 0.690 bits per heavy atom. The molecule has 13 heteroatoms. The van der Waals surface area contributed by atoms with E-state index in [-0.39, 0.29) is 30.2 Å². The molecule has 3 heterocycles. The molecular formula is C58H65N3O7SSi2. The molecule has 8 aromatic rings. The van der Waals surface area contributed by atoms with Crippen LogP contribution >= 0.6 is 11.3 Å². The normalized spacial score (nSPS) is 13.1. The standard InChI is InChI=1S/C58H65N3O7SSi2/c1-11-42-26-24-25-35-47(42)48(65-38-39-67-70(56(3,4)5,43-27-16-12-17-28-43)44-29-18-13-19-30-44)40-60-53-49(41(2)50(69-53)51-59-36-37-66-51)52(62)61(55(60)64)58(9,10)54(63)68-71(57(6,7)8,45-31-20-14-21-32-45)46-33-22-15-23-34-46/h12-37,48H,11,38-40H2,1-10H3. The van der Waals surface area contributed by atoms with Crippen molar-refractivity contribution in [1.82, 2.24) is 14.1 Å². The predicted octanol–water partition coefficient (Wildman–Crippen LogP) is 9.92. The summed E-state index contributed by atoms with van der Waals surface area (Å²) in [6, 6.07) is 48.8. The molecule has 0 aliphatic heterocycles. The number of aromatic nitrogens is 3. The third kappa shape index (κ3) is 9.41. The van der Waals surface area contributed by atoms with Gasteiger partial charge in [0.1, 0.15) is 22.7 Å². The Bertz CT molecular complexity index is 3130. The lowest BCUT2D eigenvalue weighted by atomic mass is 10.00. The third-order valence-corrected chi connectivity index (χ3v) is 25.1. The number of carbonyl (C=O) groups excluding carboxylic acids is 1. The van der Waals surface area contributed by atoms with E-state index in [1.165, 1.54) is 17.6 Å². The Morgan fingerprint density at radius 2 is 1.18 bits per heavy atom. The third-order valence-electron chi connectivity index (χ3n) is 13.8. The lowest BCUT2D eigenvalue weighted by Gasteiger charge is -2.43. The summed E-state index contributed by atoms with van der Waals surface area (Å²) in [4.78, 5) is 51.9. The molecule has 0 saturated carbocycles. The highest BCUT2D eigenvalue weighted by Crippen LogP contribution is 2.40. The Morgan fingerprint density at radius 3 is 1.66 bits per heavy atom. The van der Waals surface area contributed by atoms with E-state index in [2.05, 4.69) is 108 Å². The second-order valence-electron chi connectivity index (χ2n) is 20.6. The first kappa shape index (κ1) is 51.1. The molecule has 0 N–H and O–H groups in total. The van der Waals surface area contributed by atoms with E-state index in [0.29, 0.717) is 27.6 Å². The molecule has 8 rings (SSSR count). The molecule has 368 valence electrons. The molecule has 0 spiro atoms. The smallest absolute Gasteiger partial charge is 0.333 e. The largest absolute Gasteiger partial charge is 0.508 e. The van der Waals surface area contributed by atoms with E-state index in [0.717, 1.165) is 36.4 Å². The van der Waals surface area contributed by atoms with Crippen LogP contribution in [0.3, 0.4) is 0 Å². The molecule has 3 aromatic heterocycles. The van der Waals surface area contributed by atoms with E-state index in [1.54, 1.807) is 24.6 Å². The summed E-state index contributed by atoms with van der Waals surface area (Å²) >= 11 is 1.26. The van der Waals surface area contributed by atoms with Crippen molar-refractivity contribution in [2.45, 2.75) is 104 Å². The highest BCUT2D eigenvalue weighted by atomic mass is 32.1.